The number of benzene rings is 3. The number of rotatable bonds is 2. The van der Waals surface area contributed by atoms with Gasteiger partial charge in [0, 0.05) is 28.3 Å². The number of hydrogen-bond acceptors (Lipinski definition) is 3. The summed E-state index contributed by atoms with van der Waals surface area (Å²) >= 11 is 0. The van der Waals surface area contributed by atoms with Crippen molar-refractivity contribution in [3.05, 3.63) is 95.1 Å². The van der Waals surface area contributed by atoms with E-state index in [0.717, 1.165) is 39.5 Å². The van der Waals surface area contributed by atoms with Crippen LogP contribution >= 0.6 is 0 Å². The molecule has 3 heteroatoms. The molecule has 2 heterocycles. The van der Waals surface area contributed by atoms with Gasteiger partial charge in [0.2, 0.25) is 0 Å². The van der Waals surface area contributed by atoms with E-state index in [1.165, 1.54) is 0 Å². The molecule has 0 amide bonds. The highest BCUT2D eigenvalue weighted by Gasteiger charge is 2.47. The van der Waals surface area contributed by atoms with Crippen LogP contribution in [0.5, 0.6) is 17.2 Å². The minimum atomic E-state index is -0.685. The summed E-state index contributed by atoms with van der Waals surface area (Å²) in [6, 6.07) is 24.4. The van der Waals surface area contributed by atoms with Crippen LogP contribution in [0.3, 0.4) is 0 Å². The molecule has 0 radical (unpaired) electrons. The number of hydrogen-bond donors (Lipinski definition) is 0. The van der Waals surface area contributed by atoms with Crippen molar-refractivity contribution in [3.63, 3.8) is 0 Å². The zero-order chi connectivity index (χ0) is 17.6. The first-order chi connectivity index (χ1) is 12.8. The highest BCUT2D eigenvalue weighted by molar-refractivity contribution is 5.71. The monoisotopic (exact) mass is 342 g/mol. The smallest absolute Gasteiger partial charge is 0.187 e. The summed E-state index contributed by atoms with van der Waals surface area (Å²) in [6.45, 7) is 0.497. The Balaban J connectivity index is 1.80. The second-order valence-corrected chi connectivity index (χ2v) is 6.51. The van der Waals surface area contributed by atoms with Gasteiger partial charge < -0.3 is 14.2 Å². The molecule has 3 aromatic carbocycles. The summed E-state index contributed by atoms with van der Waals surface area (Å²) in [5, 5.41) is 0. The lowest BCUT2D eigenvalue weighted by atomic mass is 9.76. The first kappa shape index (κ1) is 15.1. The summed E-state index contributed by atoms with van der Waals surface area (Å²) in [5.41, 5.74) is 3.57. The molecule has 0 bridgehead atoms. The van der Waals surface area contributed by atoms with Gasteiger partial charge >= 0.3 is 0 Å². The van der Waals surface area contributed by atoms with Gasteiger partial charge in [-0.1, -0.05) is 48.5 Å². The zero-order valence-corrected chi connectivity index (χ0v) is 14.4. The number of methoxy groups -OCH3 is 1. The van der Waals surface area contributed by atoms with Crippen LogP contribution in [-0.2, 0) is 5.60 Å². The Morgan fingerprint density at radius 2 is 1.69 bits per heavy atom. The van der Waals surface area contributed by atoms with Gasteiger partial charge in [0.1, 0.15) is 23.9 Å². The van der Waals surface area contributed by atoms with E-state index < -0.39 is 5.60 Å². The standard InChI is InChI=1S/C23H18O3/c1-24-19-12-11-16-13-18-15-25-21-10-6-5-9-20(21)23(18,26-22(16)14-19)17-7-3-2-4-8-17/h2-14H,15H2,1H3. The minimum absolute atomic E-state index is 0.497. The van der Waals surface area contributed by atoms with Crippen LogP contribution in [-0.4, -0.2) is 13.7 Å². The van der Waals surface area contributed by atoms with Gasteiger partial charge in [-0.15, -0.1) is 0 Å². The van der Waals surface area contributed by atoms with Gasteiger partial charge in [0.05, 0.1) is 7.11 Å². The lowest BCUT2D eigenvalue weighted by molar-refractivity contribution is 0.112. The van der Waals surface area contributed by atoms with Crippen LogP contribution in [0.25, 0.3) is 6.08 Å². The molecule has 5 rings (SSSR count). The molecular weight excluding hydrogens is 324 g/mol. The molecule has 0 saturated carbocycles. The number of para-hydroxylation sites is 1. The largest absolute Gasteiger partial charge is 0.497 e. The highest BCUT2D eigenvalue weighted by Crippen LogP contribution is 2.51. The molecule has 0 saturated heterocycles. The van der Waals surface area contributed by atoms with Gasteiger partial charge in [0.15, 0.2) is 5.60 Å². The van der Waals surface area contributed by atoms with Crippen LogP contribution in [0.15, 0.2) is 78.4 Å². The first-order valence-corrected chi connectivity index (χ1v) is 8.67. The lowest BCUT2D eigenvalue weighted by Crippen LogP contribution is -2.43. The van der Waals surface area contributed by atoms with Crippen LogP contribution in [0.2, 0.25) is 0 Å². The van der Waals surface area contributed by atoms with E-state index in [1.54, 1.807) is 7.11 Å². The van der Waals surface area contributed by atoms with Gasteiger partial charge in [0.25, 0.3) is 0 Å². The Hall–Kier alpha value is -3.20. The molecule has 128 valence electrons. The van der Waals surface area contributed by atoms with Crippen LogP contribution < -0.4 is 14.2 Å². The molecule has 2 aliphatic heterocycles. The van der Waals surface area contributed by atoms with Crippen molar-refractivity contribution in [3.8, 4) is 17.2 Å². The van der Waals surface area contributed by atoms with Crippen LogP contribution in [0.4, 0.5) is 0 Å². The van der Waals surface area contributed by atoms with Crippen molar-refractivity contribution in [1.82, 2.24) is 0 Å². The van der Waals surface area contributed by atoms with Crippen LogP contribution in [0.1, 0.15) is 16.7 Å². The fourth-order valence-corrected chi connectivity index (χ4v) is 3.85. The van der Waals surface area contributed by atoms with E-state index in [4.69, 9.17) is 14.2 Å². The molecule has 1 unspecified atom stereocenters. The highest BCUT2D eigenvalue weighted by atomic mass is 16.5. The summed E-state index contributed by atoms with van der Waals surface area (Å²) < 4.78 is 18.2. The minimum Gasteiger partial charge on any atom is -0.497 e. The van der Waals surface area contributed by atoms with Gasteiger partial charge in [-0.3, -0.25) is 0 Å². The van der Waals surface area contributed by atoms with Crippen molar-refractivity contribution >= 4 is 6.08 Å². The Morgan fingerprint density at radius 3 is 2.54 bits per heavy atom. The predicted molar refractivity (Wildman–Crippen MR) is 101 cm³/mol. The van der Waals surface area contributed by atoms with Gasteiger partial charge in [-0.25, -0.2) is 0 Å². The Morgan fingerprint density at radius 1 is 0.885 bits per heavy atom. The first-order valence-electron chi connectivity index (χ1n) is 8.67. The van der Waals surface area contributed by atoms with E-state index in [1.807, 2.05) is 54.6 Å². The molecule has 0 N–H and O–H groups in total. The average molecular weight is 342 g/mol. The summed E-state index contributed by atoms with van der Waals surface area (Å²) in [7, 11) is 1.67. The third-order valence-electron chi connectivity index (χ3n) is 5.10. The topological polar surface area (TPSA) is 27.7 Å². The maximum absolute atomic E-state index is 6.75. The number of ether oxygens (including phenoxy) is 3. The second-order valence-electron chi connectivity index (χ2n) is 6.51. The van der Waals surface area contributed by atoms with Crippen LogP contribution in [0, 0.1) is 0 Å². The summed E-state index contributed by atoms with van der Waals surface area (Å²) in [4.78, 5) is 0. The van der Waals surface area contributed by atoms with Crippen molar-refractivity contribution in [2.24, 2.45) is 0 Å². The molecule has 2 aliphatic rings. The normalized spacial score (nSPS) is 19.8. The SMILES string of the molecule is COc1ccc2c(c1)OC1(c3ccccc3)C(=C2)COc2ccccc21. The fraction of sp³-hybridized carbons (Fsp3) is 0.130. The molecule has 3 aromatic rings. The van der Waals surface area contributed by atoms with E-state index in [-0.39, 0.29) is 0 Å². The molecule has 3 nitrogen and oxygen atoms in total. The quantitative estimate of drug-likeness (QED) is 0.669. The molecule has 0 spiro atoms. The second kappa shape index (κ2) is 5.67. The third kappa shape index (κ3) is 2.07. The molecule has 1 atom stereocenters. The predicted octanol–water partition coefficient (Wildman–Crippen LogP) is 4.81. The van der Waals surface area contributed by atoms with Gasteiger partial charge in [-0.2, -0.15) is 0 Å². The summed E-state index contributed by atoms with van der Waals surface area (Å²) in [5.74, 6) is 2.46. The Labute approximate surface area is 152 Å². The van der Waals surface area contributed by atoms with E-state index in [0.29, 0.717) is 6.61 Å². The molecular formula is C23H18O3. The zero-order valence-electron chi connectivity index (χ0n) is 14.4. The number of fused-ring (bicyclic) bond motifs is 4. The summed E-state index contributed by atoms with van der Waals surface area (Å²) in [6.07, 6.45) is 2.18. The van der Waals surface area contributed by atoms with E-state index in [9.17, 15) is 0 Å². The van der Waals surface area contributed by atoms with Gasteiger partial charge in [-0.05, 0) is 24.3 Å². The third-order valence-corrected chi connectivity index (χ3v) is 5.10. The lowest BCUT2D eigenvalue weighted by Gasteiger charge is -2.44. The van der Waals surface area contributed by atoms with Crippen molar-refractivity contribution < 1.29 is 14.2 Å². The van der Waals surface area contributed by atoms with E-state index in [2.05, 4.69) is 24.3 Å². The molecule has 26 heavy (non-hydrogen) atoms. The van der Waals surface area contributed by atoms with E-state index >= 15 is 0 Å². The maximum atomic E-state index is 6.75. The maximum Gasteiger partial charge on any atom is 0.187 e. The van der Waals surface area contributed by atoms with Crippen molar-refractivity contribution in [2.75, 3.05) is 13.7 Å². The molecule has 0 aromatic heterocycles. The Bertz CT molecular complexity index is 1010. The molecule has 0 fully saturated rings. The molecule has 0 aliphatic carbocycles. The Kier molecular flexibility index (Phi) is 3.29. The average Bonchev–Trinajstić information content (AvgIpc) is 2.72. The fourth-order valence-electron chi connectivity index (χ4n) is 3.85. The van der Waals surface area contributed by atoms with Crippen molar-refractivity contribution in [2.45, 2.75) is 5.60 Å². The van der Waals surface area contributed by atoms with Crippen molar-refractivity contribution in [1.29, 1.82) is 0 Å².